The van der Waals surface area contributed by atoms with Gasteiger partial charge in [0.05, 0.1) is 0 Å². The molecule has 0 aliphatic carbocycles. The highest BCUT2D eigenvalue weighted by atomic mass is 35.5. The molecule has 0 unspecified atom stereocenters. The summed E-state index contributed by atoms with van der Waals surface area (Å²) in [7, 11) is 0. The maximum Gasteiger partial charge on any atom is 0.151 e. The first-order chi connectivity index (χ1) is 5.11. The third kappa shape index (κ3) is 4.23. The number of hydrogen-bond donors (Lipinski definition) is 0. The highest BCUT2D eigenvalue weighted by molar-refractivity contribution is 6.32. The zero-order valence-electron chi connectivity index (χ0n) is 6.53. The van der Waals surface area contributed by atoms with Gasteiger partial charge in [-0.25, -0.2) is 0 Å². The first-order valence-electron chi connectivity index (χ1n) is 3.29. The van der Waals surface area contributed by atoms with E-state index in [-0.39, 0.29) is 0 Å². The van der Waals surface area contributed by atoms with Crippen LogP contribution in [0.4, 0.5) is 0 Å². The fourth-order valence-electron chi connectivity index (χ4n) is 0.485. The van der Waals surface area contributed by atoms with Crippen LogP contribution in [0, 0.1) is 0 Å². The predicted molar refractivity (Wildman–Crippen MR) is 48.8 cm³/mol. The molecule has 0 bridgehead atoms. The van der Waals surface area contributed by atoms with Crippen molar-refractivity contribution in [1.82, 2.24) is 0 Å². The van der Waals surface area contributed by atoms with Gasteiger partial charge < -0.3 is 0 Å². The minimum Gasteiger partial charge on any atom is -0.298 e. The Bertz CT molecular complexity index is 200. The van der Waals surface area contributed by atoms with Crippen molar-refractivity contribution in [3.05, 3.63) is 21.7 Å². The molecule has 0 aromatic heterocycles. The molecule has 11 heavy (non-hydrogen) atoms. The first-order valence-corrected chi connectivity index (χ1v) is 4.05. The van der Waals surface area contributed by atoms with Crippen LogP contribution < -0.4 is 0 Å². The lowest BCUT2D eigenvalue weighted by Gasteiger charge is -1.94. The molecule has 1 nitrogen and oxygen atoms in total. The van der Waals surface area contributed by atoms with Crippen molar-refractivity contribution < 1.29 is 4.79 Å². The molecule has 0 saturated carbocycles. The summed E-state index contributed by atoms with van der Waals surface area (Å²) < 4.78 is 0. The number of carbonyl (C=O) groups excluding carboxylic acids is 1. The van der Waals surface area contributed by atoms with E-state index in [0.29, 0.717) is 28.3 Å². The first kappa shape index (κ1) is 10.7. The van der Waals surface area contributed by atoms with Gasteiger partial charge in [-0.2, -0.15) is 0 Å². The van der Waals surface area contributed by atoms with E-state index < -0.39 is 0 Å². The summed E-state index contributed by atoms with van der Waals surface area (Å²) in [6.07, 6.45) is 2.99. The van der Waals surface area contributed by atoms with Gasteiger partial charge in [0.1, 0.15) is 0 Å². The zero-order chi connectivity index (χ0) is 8.85. The maximum absolute atomic E-state index is 10.4. The number of hydrogen-bond acceptors (Lipinski definition) is 1. The Morgan fingerprint density at radius 2 is 2.00 bits per heavy atom. The van der Waals surface area contributed by atoms with Crippen LogP contribution in [0.25, 0.3) is 0 Å². The molecule has 0 aromatic carbocycles. The molecule has 0 atom stereocenters. The Morgan fingerprint density at radius 3 is 2.27 bits per heavy atom. The second-order valence-electron chi connectivity index (χ2n) is 2.05. The molecule has 0 aliphatic rings. The van der Waals surface area contributed by atoms with E-state index in [1.54, 1.807) is 13.0 Å². The van der Waals surface area contributed by atoms with Gasteiger partial charge in [0.25, 0.3) is 0 Å². The molecule has 0 rings (SSSR count). The second-order valence-corrected chi connectivity index (χ2v) is 3.10. The predicted octanol–water partition coefficient (Wildman–Crippen LogP) is 3.23. The lowest BCUT2D eigenvalue weighted by Crippen LogP contribution is -1.82. The van der Waals surface area contributed by atoms with E-state index in [1.165, 1.54) is 0 Å². The van der Waals surface area contributed by atoms with Crippen molar-refractivity contribution in [2.24, 2.45) is 0 Å². The highest BCUT2D eigenvalue weighted by Crippen LogP contribution is 2.14. The SMILES string of the molecule is CC/C(Cl)=C\C(C=O)=C(/C)Cl. The van der Waals surface area contributed by atoms with Crippen molar-refractivity contribution in [2.75, 3.05) is 0 Å². The molecule has 62 valence electrons. The van der Waals surface area contributed by atoms with Gasteiger partial charge in [0.15, 0.2) is 6.29 Å². The van der Waals surface area contributed by atoms with E-state index >= 15 is 0 Å². The van der Waals surface area contributed by atoms with Crippen molar-refractivity contribution in [3.63, 3.8) is 0 Å². The Hall–Kier alpha value is -0.270. The highest BCUT2D eigenvalue weighted by Gasteiger charge is 1.96. The molecular formula is C8H10Cl2O. The maximum atomic E-state index is 10.4. The van der Waals surface area contributed by atoms with Crippen LogP contribution in [0.3, 0.4) is 0 Å². The van der Waals surface area contributed by atoms with Crippen LogP contribution in [0.1, 0.15) is 20.3 Å². The molecule has 0 saturated heterocycles. The molecule has 0 amide bonds. The topological polar surface area (TPSA) is 17.1 Å². The van der Waals surface area contributed by atoms with Gasteiger partial charge in [-0.15, -0.1) is 0 Å². The standard InChI is InChI=1S/C8H10Cl2O/c1-3-8(10)4-7(5-11)6(2)9/h4-5H,3H2,1-2H3/b7-6-,8-4+. The summed E-state index contributed by atoms with van der Waals surface area (Å²) in [5.41, 5.74) is 0.443. The Labute approximate surface area is 76.7 Å². The molecule has 0 N–H and O–H groups in total. The van der Waals surface area contributed by atoms with Crippen LogP contribution >= 0.6 is 23.2 Å². The third-order valence-electron chi connectivity index (χ3n) is 1.17. The Kier molecular flexibility index (Phi) is 5.26. The van der Waals surface area contributed by atoms with Gasteiger partial charge in [0, 0.05) is 15.6 Å². The Morgan fingerprint density at radius 1 is 1.45 bits per heavy atom. The van der Waals surface area contributed by atoms with Crippen molar-refractivity contribution >= 4 is 29.5 Å². The molecule has 3 heteroatoms. The number of halogens is 2. The van der Waals surface area contributed by atoms with Gasteiger partial charge in [0.2, 0.25) is 0 Å². The van der Waals surface area contributed by atoms with Crippen LogP contribution in [0.2, 0.25) is 0 Å². The molecule has 0 radical (unpaired) electrons. The number of carbonyl (C=O) groups is 1. The van der Waals surface area contributed by atoms with Crippen LogP contribution in [-0.2, 0) is 4.79 Å². The van der Waals surface area contributed by atoms with Gasteiger partial charge in [-0.1, -0.05) is 30.1 Å². The normalized spacial score (nSPS) is 14.4. The summed E-state index contributed by atoms with van der Waals surface area (Å²) in [6, 6.07) is 0. The van der Waals surface area contributed by atoms with E-state index in [9.17, 15) is 4.79 Å². The molecule has 0 aromatic rings. The van der Waals surface area contributed by atoms with E-state index in [2.05, 4.69) is 0 Å². The molecule has 0 aliphatic heterocycles. The lowest BCUT2D eigenvalue weighted by molar-refractivity contribution is -0.104. The fourth-order valence-corrected chi connectivity index (χ4v) is 0.702. The second kappa shape index (κ2) is 5.39. The number of allylic oxidation sites excluding steroid dienone is 4. The summed E-state index contributed by atoms with van der Waals surface area (Å²) in [5, 5.41) is 1.10. The number of aldehydes is 1. The monoisotopic (exact) mass is 192 g/mol. The lowest BCUT2D eigenvalue weighted by atomic mass is 10.2. The average molecular weight is 193 g/mol. The molecule has 0 heterocycles. The largest absolute Gasteiger partial charge is 0.298 e. The smallest absolute Gasteiger partial charge is 0.151 e. The van der Waals surface area contributed by atoms with Crippen molar-refractivity contribution in [3.8, 4) is 0 Å². The van der Waals surface area contributed by atoms with Crippen molar-refractivity contribution in [2.45, 2.75) is 20.3 Å². The molecule has 0 spiro atoms. The molecule has 0 fully saturated rings. The minimum absolute atomic E-state index is 0.443. The van der Waals surface area contributed by atoms with Crippen LogP contribution in [0.15, 0.2) is 21.7 Å². The van der Waals surface area contributed by atoms with Crippen molar-refractivity contribution in [1.29, 1.82) is 0 Å². The van der Waals surface area contributed by atoms with Gasteiger partial charge in [-0.05, 0) is 19.4 Å². The fraction of sp³-hybridized carbons (Fsp3) is 0.375. The van der Waals surface area contributed by atoms with E-state index in [1.807, 2.05) is 6.92 Å². The summed E-state index contributed by atoms with van der Waals surface area (Å²) in [4.78, 5) is 10.4. The van der Waals surface area contributed by atoms with Gasteiger partial charge >= 0.3 is 0 Å². The Balaban J connectivity index is 4.57. The number of rotatable bonds is 3. The summed E-state index contributed by atoms with van der Waals surface area (Å²) in [6.45, 7) is 3.56. The van der Waals surface area contributed by atoms with Crippen LogP contribution in [0.5, 0.6) is 0 Å². The van der Waals surface area contributed by atoms with E-state index in [0.717, 1.165) is 0 Å². The quantitative estimate of drug-likeness (QED) is 0.382. The van der Waals surface area contributed by atoms with E-state index in [4.69, 9.17) is 23.2 Å². The molecular weight excluding hydrogens is 183 g/mol. The average Bonchev–Trinajstić information content (AvgIpc) is 1.99. The summed E-state index contributed by atoms with van der Waals surface area (Å²) in [5.74, 6) is 0. The zero-order valence-corrected chi connectivity index (χ0v) is 8.04. The third-order valence-corrected chi connectivity index (χ3v) is 1.77. The van der Waals surface area contributed by atoms with Crippen LogP contribution in [-0.4, -0.2) is 6.29 Å². The minimum atomic E-state index is 0.443. The summed E-state index contributed by atoms with van der Waals surface area (Å²) >= 11 is 11.3. The van der Waals surface area contributed by atoms with Gasteiger partial charge in [-0.3, -0.25) is 4.79 Å².